The van der Waals surface area contributed by atoms with Gasteiger partial charge in [-0.15, -0.1) is 0 Å². The molecule has 1 amide bonds. The first-order valence-electron chi connectivity index (χ1n) is 12.8. The Bertz CT molecular complexity index is 1420. The van der Waals surface area contributed by atoms with E-state index in [1.54, 1.807) is 6.92 Å². The molecule has 0 bridgehead atoms. The Morgan fingerprint density at radius 1 is 1.29 bits per heavy atom. The van der Waals surface area contributed by atoms with Crippen LogP contribution in [-0.4, -0.2) is 61.6 Å². The van der Waals surface area contributed by atoms with Crippen molar-refractivity contribution in [1.82, 2.24) is 4.98 Å². The summed E-state index contributed by atoms with van der Waals surface area (Å²) in [4.78, 5) is 28.2. The predicted molar refractivity (Wildman–Crippen MR) is 142 cm³/mol. The first kappa shape index (κ1) is 30.7. The van der Waals surface area contributed by atoms with Crippen molar-refractivity contribution in [2.24, 2.45) is 5.92 Å². The van der Waals surface area contributed by atoms with Crippen LogP contribution < -0.4 is 19.1 Å². The minimum Gasteiger partial charge on any atom is -0.486 e. The number of ether oxygens (including phenoxy) is 3. The maximum atomic E-state index is 14.1. The van der Waals surface area contributed by atoms with Crippen LogP contribution in [0.15, 0.2) is 23.2 Å². The molecule has 0 saturated heterocycles. The van der Waals surface area contributed by atoms with E-state index >= 15 is 0 Å². The fourth-order valence-electron chi connectivity index (χ4n) is 3.97. The van der Waals surface area contributed by atoms with Gasteiger partial charge in [-0.1, -0.05) is 18.3 Å². The third-order valence-electron chi connectivity index (χ3n) is 6.53. The van der Waals surface area contributed by atoms with E-state index in [1.165, 1.54) is 25.1 Å². The van der Waals surface area contributed by atoms with Crippen molar-refractivity contribution < 1.29 is 50.5 Å². The summed E-state index contributed by atoms with van der Waals surface area (Å²) in [5, 5.41) is 12.0. The zero-order chi connectivity index (χ0) is 30.3. The van der Waals surface area contributed by atoms with Crippen LogP contribution in [0.2, 0.25) is 0 Å². The topological polar surface area (TPSA) is 144 Å². The van der Waals surface area contributed by atoms with Gasteiger partial charge in [-0.05, 0) is 58.2 Å². The van der Waals surface area contributed by atoms with Crippen LogP contribution >= 0.6 is 11.3 Å². The van der Waals surface area contributed by atoms with E-state index in [9.17, 15) is 36.3 Å². The van der Waals surface area contributed by atoms with E-state index in [0.29, 0.717) is 18.9 Å². The van der Waals surface area contributed by atoms with Gasteiger partial charge in [0.2, 0.25) is 15.7 Å². The lowest BCUT2D eigenvalue weighted by atomic mass is 10.0. The molecule has 1 aliphatic heterocycles. The molecule has 0 radical (unpaired) electrons. The Hall–Kier alpha value is -3.27. The number of nitrogens with zero attached hydrogens (tertiary/aromatic N) is 2. The Balaban J connectivity index is 1.71. The first-order valence-corrected chi connectivity index (χ1v) is 15.1. The number of nitrogens with one attached hydrogen (secondary N) is 1. The summed E-state index contributed by atoms with van der Waals surface area (Å²) < 4.78 is 84.8. The normalized spacial score (nSPS) is 18.2. The van der Waals surface area contributed by atoms with Gasteiger partial charge in [-0.2, -0.15) is 21.6 Å². The molecule has 1 fully saturated rings. The van der Waals surface area contributed by atoms with Gasteiger partial charge in [0.05, 0.1) is 24.8 Å². The van der Waals surface area contributed by atoms with Crippen LogP contribution in [0.1, 0.15) is 57.9 Å². The summed E-state index contributed by atoms with van der Waals surface area (Å²) in [5.74, 6) is -1.72. The van der Waals surface area contributed by atoms with E-state index in [4.69, 9.17) is 9.47 Å². The van der Waals surface area contributed by atoms with Crippen molar-refractivity contribution in [3.8, 4) is 10.8 Å². The molecule has 0 unspecified atom stereocenters. The van der Waals surface area contributed by atoms with Crippen LogP contribution in [0, 0.1) is 5.92 Å². The highest BCUT2D eigenvalue weighted by Gasteiger charge is 2.51. The van der Waals surface area contributed by atoms with Gasteiger partial charge in [0.1, 0.15) is 16.9 Å². The first-order chi connectivity index (χ1) is 19.0. The summed E-state index contributed by atoms with van der Waals surface area (Å²) in [6.45, 7) is 4.47. The van der Waals surface area contributed by atoms with Gasteiger partial charge in [0.15, 0.2) is 0 Å². The molecule has 1 aromatic carbocycles. The summed E-state index contributed by atoms with van der Waals surface area (Å²) in [6.07, 6.45) is -5.33. The molecule has 2 aromatic rings. The SMILES string of the molecule is CCOc1sc(C2CC2)nc1S(=O)(=O)N1C[C@H](C[C@H](C)C(=O)O)Oc2ccc(NC(=O)OC(C)(C)C(F)(F)F)cc21. The van der Waals surface area contributed by atoms with E-state index in [-0.39, 0.29) is 52.7 Å². The van der Waals surface area contributed by atoms with E-state index in [2.05, 4.69) is 15.0 Å². The molecule has 226 valence electrons. The van der Waals surface area contributed by atoms with Crippen molar-refractivity contribution in [2.75, 3.05) is 22.8 Å². The number of carbonyl (C=O) groups is 2. The molecule has 4 rings (SSSR count). The molecular formula is C25H30F3N3O8S2. The molecule has 2 N–H and O–H groups in total. The number of thiazole rings is 1. The molecule has 2 atom stereocenters. The molecule has 41 heavy (non-hydrogen) atoms. The molecule has 1 aliphatic carbocycles. The van der Waals surface area contributed by atoms with Crippen LogP contribution in [0.25, 0.3) is 0 Å². The highest BCUT2D eigenvalue weighted by atomic mass is 32.2. The number of carboxylic acids is 1. The smallest absolute Gasteiger partial charge is 0.427 e. The number of carbonyl (C=O) groups excluding carboxylic acids is 1. The van der Waals surface area contributed by atoms with Crippen LogP contribution in [0.4, 0.5) is 29.3 Å². The minimum absolute atomic E-state index is 0.0116. The lowest BCUT2D eigenvalue weighted by Crippen LogP contribution is -2.45. The number of amides is 1. The number of anilines is 2. The lowest BCUT2D eigenvalue weighted by Gasteiger charge is -2.36. The molecule has 16 heteroatoms. The number of aromatic nitrogens is 1. The molecule has 1 saturated carbocycles. The van der Waals surface area contributed by atoms with Crippen molar-refractivity contribution in [2.45, 2.75) is 75.8 Å². The lowest BCUT2D eigenvalue weighted by molar-refractivity contribution is -0.242. The number of hydrogen-bond donors (Lipinski definition) is 2. The Morgan fingerprint density at radius 3 is 2.56 bits per heavy atom. The number of sulfonamides is 1. The number of carboxylic acid groups (broad SMARTS) is 1. The summed E-state index contributed by atoms with van der Waals surface area (Å²) in [6, 6.07) is 3.86. The van der Waals surface area contributed by atoms with Crippen LogP contribution in [0.5, 0.6) is 10.8 Å². The van der Waals surface area contributed by atoms with Gasteiger partial charge in [-0.25, -0.2) is 9.78 Å². The number of aliphatic carboxylic acids is 1. The number of benzene rings is 1. The second-order valence-electron chi connectivity index (χ2n) is 10.3. The number of halogens is 3. The Labute approximate surface area is 238 Å². The molecule has 2 aliphatic rings. The predicted octanol–water partition coefficient (Wildman–Crippen LogP) is 5.38. The monoisotopic (exact) mass is 621 g/mol. The highest BCUT2D eigenvalue weighted by Crippen LogP contribution is 2.47. The zero-order valence-electron chi connectivity index (χ0n) is 22.6. The van der Waals surface area contributed by atoms with Gasteiger partial charge < -0.3 is 19.3 Å². The van der Waals surface area contributed by atoms with Crippen LogP contribution in [-0.2, 0) is 19.6 Å². The van der Waals surface area contributed by atoms with Crippen molar-refractivity contribution in [1.29, 1.82) is 0 Å². The number of rotatable bonds is 10. The molecule has 1 aromatic heterocycles. The van der Waals surface area contributed by atoms with Crippen LogP contribution in [0.3, 0.4) is 0 Å². The zero-order valence-corrected chi connectivity index (χ0v) is 24.3. The van der Waals surface area contributed by atoms with Gasteiger partial charge in [-0.3, -0.25) is 14.4 Å². The molecule has 11 nitrogen and oxygen atoms in total. The summed E-state index contributed by atoms with van der Waals surface area (Å²) in [7, 11) is -4.41. The summed E-state index contributed by atoms with van der Waals surface area (Å²) in [5.41, 5.74) is -2.87. The standard InChI is InChI=1S/C25H30F3N3O8S2/c1-5-37-22-20(30-19(40-22)14-6-7-14)41(35,36)31-12-16(10-13(2)21(32)33)38-18-9-8-15(11-17(18)31)29-23(34)39-24(3,4)25(26,27)28/h8-9,11,13-14,16H,5-7,10,12H2,1-4H3,(H,29,34)(H,32,33)/t13-,16-/m0/s1. The highest BCUT2D eigenvalue weighted by molar-refractivity contribution is 7.93. The average molecular weight is 622 g/mol. The second-order valence-corrected chi connectivity index (χ2v) is 13.1. The Morgan fingerprint density at radius 2 is 1.98 bits per heavy atom. The van der Waals surface area contributed by atoms with Gasteiger partial charge >= 0.3 is 18.2 Å². The summed E-state index contributed by atoms with van der Waals surface area (Å²) >= 11 is 1.15. The number of fused-ring (bicyclic) bond motifs is 1. The molecular weight excluding hydrogens is 591 g/mol. The molecule has 2 heterocycles. The largest absolute Gasteiger partial charge is 0.486 e. The van der Waals surface area contributed by atoms with Crippen molar-refractivity contribution >= 4 is 44.8 Å². The third-order valence-corrected chi connectivity index (χ3v) is 9.48. The fourth-order valence-corrected chi connectivity index (χ4v) is 6.96. The second kappa shape index (κ2) is 11.2. The van der Waals surface area contributed by atoms with Gasteiger partial charge in [0.25, 0.3) is 10.0 Å². The molecule has 0 spiro atoms. The maximum absolute atomic E-state index is 14.1. The minimum atomic E-state index is -4.83. The van der Waals surface area contributed by atoms with E-state index in [1.807, 2.05) is 0 Å². The quantitative estimate of drug-likeness (QED) is 0.357. The van der Waals surface area contributed by atoms with Crippen molar-refractivity contribution in [3.05, 3.63) is 23.2 Å². The van der Waals surface area contributed by atoms with E-state index in [0.717, 1.165) is 28.5 Å². The average Bonchev–Trinajstić information content (AvgIpc) is 3.62. The van der Waals surface area contributed by atoms with Crippen molar-refractivity contribution in [3.63, 3.8) is 0 Å². The van der Waals surface area contributed by atoms with E-state index < -0.39 is 45.9 Å². The number of hydrogen-bond acceptors (Lipinski definition) is 9. The Kier molecular flexibility index (Phi) is 8.38. The maximum Gasteiger partial charge on any atom is 0.427 e. The fraction of sp³-hybridized carbons (Fsp3) is 0.560. The third kappa shape index (κ3) is 6.63. The number of alkyl halides is 3. The van der Waals surface area contributed by atoms with Gasteiger partial charge in [0, 0.05) is 11.6 Å².